The molecule has 0 unspecified atom stereocenters. The minimum Gasteiger partial charge on any atom is -0.507 e. The molecule has 20 heavy (non-hydrogen) atoms. The van der Waals surface area contributed by atoms with Gasteiger partial charge in [0.25, 0.3) is 0 Å². The number of phenolic OH excluding ortho intramolecular Hbond substituents is 1. The summed E-state index contributed by atoms with van der Waals surface area (Å²) in [7, 11) is 1.16. The van der Waals surface area contributed by atoms with Gasteiger partial charge in [-0.25, -0.2) is 9.18 Å². The number of aromatic hydroxyl groups is 1. The number of carbonyl (C=O) groups is 1. The van der Waals surface area contributed by atoms with E-state index >= 15 is 0 Å². The smallest absolute Gasteiger partial charge is 0.342 e. The standard InChI is InChI=1S/C15H12ClFO3/c1-8-7-11(18)13(15(19)20-2)12(14(8)17)9-5-3-4-6-10(9)16/h3-7,18H,1-2H3. The van der Waals surface area contributed by atoms with Crippen molar-refractivity contribution in [1.82, 2.24) is 0 Å². The minimum absolute atomic E-state index is 0.0556. The third-order valence-corrected chi connectivity index (χ3v) is 3.29. The molecule has 0 aromatic heterocycles. The van der Waals surface area contributed by atoms with Crippen LogP contribution in [0, 0.1) is 12.7 Å². The van der Waals surface area contributed by atoms with Crippen molar-refractivity contribution in [3.8, 4) is 16.9 Å². The molecule has 5 heteroatoms. The molecule has 2 rings (SSSR count). The van der Waals surface area contributed by atoms with Gasteiger partial charge in [0, 0.05) is 16.1 Å². The highest BCUT2D eigenvalue weighted by Crippen LogP contribution is 2.38. The van der Waals surface area contributed by atoms with Gasteiger partial charge < -0.3 is 9.84 Å². The molecular weight excluding hydrogens is 283 g/mol. The summed E-state index contributed by atoms with van der Waals surface area (Å²) in [5, 5.41) is 10.2. The lowest BCUT2D eigenvalue weighted by Gasteiger charge is -2.14. The first-order valence-corrected chi connectivity index (χ1v) is 6.20. The molecule has 0 fully saturated rings. The Labute approximate surface area is 120 Å². The number of methoxy groups -OCH3 is 1. The van der Waals surface area contributed by atoms with Crippen LogP contribution in [0.4, 0.5) is 4.39 Å². The number of benzene rings is 2. The molecule has 1 N–H and O–H groups in total. The van der Waals surface area contributed by atoms with E-state index in [0.717, 1.165) is 7.11 Å². The predicted molar refractivity (Wildman–Crippen MR) is 74.6 cm³/mol. The Kier molecular flexibility index (Phi) is 3.95. The molecular formula is C15H12ClFO3. The molecule has 0 saturated heterocycles. The second-order valence-electron chi connectivity index (χ2n) is 4.25. The lowest BCUT2D eigenvalue weighted by Crippen LogP contribution is -2.07. The van der Waals surface area contributed by atoms with Crippen LogP contribution in [0.1, 0.15) is 15.9 Å². The zero-order valence-electron chi connectivity index (χ0n) is 10.9. The quantitative estimate of drug-likeness (QED) is 0.853. The highest BCUT2D eigenvalue weighted by Gasteiger charge is 2.24. The summed E-state index contributed by atoms with van der Waals surface area (Å²) < 4.78 is 19.0. The molecule has 104 valence electrons. The Morgan fingerprint density at radius 3 is 2.60 bits per heavy atom. The van der Waals surface area contributed by atoms with Crippen LogP contribution in [0.5, 0.6) is 5.75 Å². The summed E-state index contributed by atoms with van der Waals surface area (Å²) in [5.41, 5.74) is 0.250. The Morgan fingerprint density at radius 1 is 1.35 bits per heavy atom. The van der Waals surface area contributed by atoms with Crippen molar-refractivity contribution in [2.24, 2.45) is 0 Å². The van der Waals surface area contributed by atoms with Gasteiger partial charge in [-0.2, -0.15) is 0 Å². The van der Waals surface area contributed by atoms with Gasteiger partial charge in [0.1, 0.15) is 17.1 Å². The summed E-state index contributed by atoms with van der Waals surface area (Å²) in [6.45, 7) is 1.50. The van der Waals surface area contributed by atoms with Crippen LogP contribution in [0.3, 0.4) is 0 Å². The monoisotopic (exact) mass is 294 g/mol. The van der Waals surface area contributed by atoms with Crippen LogP contribution in [0.25, 0.3) is 11.1 Å². The number of hydrogen-bond donors (Lipinski definition) is 1. The van der Waals surface area contributed by atoms with Gasteiger partial charge in [-0.1, -0.05) is 29.8 Å². The summed E-state index contributed by atoms with van der Waals surface area (Å²) in [6, 6.07) is 7.70. The van der Waals surface area contributed by atoms with Crippen LogP contribution in [-0.4, -0.2) is 18.2 Å². The van der Waals surface area contributed by atoms with E-state index in [0.29, 0.717) is 5.56 Å². The highest BCUT2D eigenvalue weighted by molar-refractivity contribution is 6.33. The van der Waals surface area contributed by atoms with Gasteiger partial charge in [0.2, 0.25) is 0 Å². The normalized spacial score (nSPS) is 10.4. The van der Waals surface area contributed by atoms with Crippen LogP contribution >= 0.6 is 11.6 Å². The number of aryl methyl sites for hydroxylation is 1. The molecule has 0 saturated carbocycles. The molecule has 0 atom stereocenters. The number of hydrogen-bond acceptors (Lipinski definition) is 3. The molecule has 0 heterocycles. The molecule has 2 aromatic rings. The maximum absolute atomic E-state index is 14.4. The van der Waals surface area contributed by atoms with Crippen molar-refractivity contribution in [2.75, 3.05) is 7.11 Å². The second kappa shape index (κ2) is 5.51. The number of phenols is 1. The molecule has 0 aliphatic rings. The molecule has 0 aliphatic carbocycles. The van der Waals surface area contributed by atoms with Crippen LogP contribution in [0.15, 0.2) is 30.3 Å². The molecule has 2 aromatic carbocycles. The summed E-state index contributed by atoms with van der Waals surface area (Å²) in [6.07, 6.45) is 0. The van der Waals surface area contributed by atoms with Gasteiger partial charge in [-0.05, 0) is 24.6 Å². The number of rotatable bonds is 2. The number of esters is 1. The van der Waals surface area contributed by atoms with Crippen molar-refractivity contribution in [1.29, 1.82) is 0 Å². The maximum Gasteiger partial charge on any atom is 0.342 e. The molecule has 3 nitrogen and oxygen atoms in total. The fourth-order valence-electron chi connectivity index (χ4n) is 2.00. The average Bonchev–Trinajstić information content (AvgIpc) is 2.42. The van der Waals surface area contributed by atoms with Gasteiger partial charge in [0.15, 0.2) is 0 Å². The van der Waals surface area contributed by atoms with Crippen molar-refractivity contribution in [2.45, 2.75) is 6.92 Å². The van der Waals surface area contributed by atoms with Gasteiger partial charge in [-0.3, -0.25) is 0 Å². The second-order valence-corrected chi connectivity index (χ2v) is 4.66. The van der Waals surface area contributed by atoms with Gasteiger partial charge in [0.05, 0.1) is 7.11 Å². The number of halogens is 2. The van der Waals surface area contributed by atoms with Crippen molar-refractivity contribution < 1.29 is 19.0 Å². The van der Waals surface area contributed by atoms with Crippen molar-refractivity contribution in [3.05, 3.63) is 52.3 Å². The molecule has 0 aliphatic heterocycles. The molecule has 0 radical (unpaired) electrons. The Hall–Kier alpha value is -2.07. The highest BCUT2D eigenvalue weighted by atomic mass is 35.5. The molecule has 0 bridgehead atoms. The zero-order valence-corrected chi connectivity index (χ0v) is 11.7. The fourth-order valence-corrected chi connectivity index (χ4v) is 2.23. The average molecular weight is 295 g/mol. The third-order valence-electron chi connectivity index (χ3n) is 2.96. The first kappa shape index (κ1) is 14.3. The van der Waals surface area contributed by atoms with Crippen LogP contribution in [-0.2, 0) is 4.74 Å². The van der Waals surface area contributed by atoms with Crippen molar-refractivity contribution >= 4 is 17.6 Å². The Balaban J connectivity index is 2.86. The summed E-state index contributed by atoms with van der Waals surface area (Å²) >= 11 is 6.05. The van der Waals surface area contributed by atoms with Gasteiger partial charge in [-0.15, -0.1) is 0 Å². The fraction of sp³-hybridized carbons (Fsp3) is 0.133. The van der Waals surface area contributed by atoms with Crippen LogP contribution in [0.2, 0.25) is 5.02 Å². The maximum atomic E-state index is 14.4. The van der Waals surface area contributed by atoms with E-state index in [4.69, 9.17) is 11.6 Å². The SMILES string of the molecule is COC(=O)c1c(O)cc(C)c(F)c1-c1ccccc1Cl. The first-order valence-electron chi connectivity index (χ1n) is 5.82. The van der Waals surface area contributed by atoms with Gasteiger partial charge >= 0.3 is 5.97 Å². The summed E-state index contributed by atoms with van der Waals surface area (Å²) in [4.78, 5) is 11.8. The Morgan fingerprint density at radius 2 is 2.00 bits per heavy atom. The van der Waals surface area contributed by atoms with E-state index in [1.54, 1.807) is 24.3 Å². The minimum atomic E-state index is -0.823. The zero-order chi connectivity index (χ0) is 14.9. The van der Waals surface area contributed by atoms with E-state index < -0.39 is 11.8 Å². The van der Waals surface area contributed by atoms with E-state index in [9.17, 15) is 14.3 Å². The number of carbonyl (C=O) groups excluding carboxylic acids is 1. The molecule has 0 spiro atoms. The first-order chi connectivity index (χ1) is 9.47. The predicted octanol–water partition coefficient (Wildman–Crippen LogP) is 3.95. The van der Waals surface area contributed by atoms with Crippen LogP contribution < -0.4 is 0 Å². The largest absolute Gasteiger partial charge is 0.507 e. The summed E-state index contributed by atoms with van der Waals surface area (Å²) in [5.74, 6) is -1.78. The lowest BCUT2D eigenvalue weighted by atomic mass is 9.95. The number of ether oxygens (including phenoxy) is 1. The van der Waals surface area contributed by atoms with E-state index in [1.807, 2.05) is 0 Å². The van der Waals surface area contributed by atoms with E-state index in [-0.39, 0.29) is 27.5 Å². The van der Waals surface area contributed by atoms with Crippen molar-refractivity contribution in [3.63, 3.8) is 0 Å². The lowest BCUT2D eigenvalue weighted by molar-refractivity contribution is 0.0598. The molecule has 0 amide bonds. The van der Waals surface area contributed by atoms with E-state index in [2.05, 4.69) is 4.74 Å². The topological polar surface area (TPSA) is 46.5 Å². The Bertz CT molecular complexity index is 683. The third kappa shape index (κ3) is 2.34. The van der Waals surface area contributed by atoms with E-state index in [1.165, 1.54) is 13.0 Å².